The Hall–Kier alpha value is -2.90. The van der Waals surface area contributed by atoms with Gasteiger partial charge in [0.15, 0.2) is 6.61 Å². The molecule has 2 aromatic rings. The van der Waals surface area contributed by atoms with Gasteiger partial charge in [-0.2, -0.15) is 13.2 Å². The second-order valence-electron chi connectivity index (χ2n) is 5.09. The van der Waals surface area contributed by atoms with Crippen molar-refractivity contribution in [1.29, 1.82) is 0 Å². The highest BCUT2D eigenvalue weighted by Crippen LogP contribution is 2.29. The van der Waals surface area contributed by atoms with Crippen LogP contribution in [0.1, 0.15) is 11.1 Å². The fourth-order valence-corrected chi connectivity index (χ4v) is 1.91. The van der Waals surface area contributed by atoms with Gasteiger partial charge < -0.3 is 10.1 Å². The molecule has 0 aliphatic heterocycles. The zero-order valence-electron chi connectivity index (χ0n) is 12.8. The smallest absolute Gasteiger partial charge is 0.416 e. The Morgan fingerprint density at radius 2 is 1.56 bits per heavy atom. The number of ether oxygens (including phenoxy) is 1. The zero-order chi connectivity index (χ0) is 18.4. The summed E-state index contributed by atoms with van der Waals surface area (Å²) < 4.78 is 54.8. The Balaban J connectivity index is 1.80. The molecule has 2 rings (SSSR count). The average Bonchev–Trinajstić information content (AvgIpc) is 2.55. The Morgan fingerprint density at radius 3 is 2.12 bits per heavy atom. The maximum atomic E-state index is 12.7. The molecular formula is C17H13F4NO3. The lowest BCUT2D eigenvalue weighted by molar-refractivity contribution is -0.146. The number of alkyl halides is 3. The summed E-state index contributed by atoms with van der Waals surface area (Å²) in [6.07, 6.45) is -4.71. The largest absolute Gasteiger partial charge is 0.455 e. The van der Waals surface area contributed by atoms with Crippen molar-refractivity contribution >= 4 is 17.6 Å². The highest BCUT2D eigenvalue weighted by molar-refractivity contribution is 5.92. The highest BCUT2D eigenvalue weighted by atomic mass is 19.4. The van der Waals surface area contributed by atoms with E-state index in [9.17, 15) is 27.2 Å². The molecule has 0 spiro atoms. The summed E-state index contributed by atoms with van der Waals surface area (Å²) in [5.74, 6) is -1.83. The minimum atomic E-state index is -4.45. The van der Waals surface area contributed by atoms with Crippen molar-refractivity contribution < 1.29 is 31.9 Å². The van der Waals surface area contributed by atoms with Crippen molar-refractivity contribution in [3.8, 4) is 0 Å². The molecule has 4 nitrogen and oxygen atoms in total. The molecular weight excluding hydrogens is 342 g/mol. The monoisotopic (exact) mass is 355 g/mol. The molecule has 0 fully saturated rings. The average molecular weight is 355 g/mol. The van der Waals surface area contributed by atoms with Crippen molar-refractivity contribution in [3.05, 3.63) is 65.5 Å². The van der Waals surface area contributed by atoms with E-state index in [0.717, 1.165) is 24.3 Å². The first-order valence-corrected chi connectivity index (χ1v) is 7.11. The van der Waals surface area contributed by atoms with Crippen LogP contribution < -0.4 is 5.32 Å². The lowest BCUT2D eigenvalue weighted by Gasteiger charge is -2.08. The van der Waals surface area contributed by atoms with Gasteiger partial charge in [0, 0.05) is 5.69 Å². The third kappa shape index (κ3) is 5.91. The van der Waals surface area contributed by atoms with Crippen molar-refractivity contribution in [2.24, 2.45) is 0 Å². The number of hydrogen-bond acceptors (Lipinski definition) is 3. The predicted octanol–water partition coefficient (Wildman–Crippen LogP) is 3.57. The van der Waals surface area contributed by atoms with Gasteiger partial charge in [0.25, 0.3) is 5.91 Å². The minimum absolute atomic E-state index is 0.262. The number of carbonyl (C=O) groups excluding carboxylic acids is 2. The first-order chi connectivity index (χ1) is 11.7. The van der Waals surface area contributed by atoms with Gasteiger partial charge in [-0.05, 0) is 42.0 Å². The number of rotatable bonds is 5. The molecule has 0 heterocycles. The van der Waals surface area contributed by atoms with Crippen LogP contribution in [-0.2, 0) is 26.9 Å². The van der Waals surface area contributed by atoms with Crippen LogP contribution in [-0.4, -0.2) is 18.5 Å². The molecule has 0 aliphatic rings. The summed E-state index contributed by atoms with van der Waals surface area (Å²) in [6.45, 7) is -0.559. The van der Waals surface area contributed by atoms with Crippen LogP contribution in [0.15, 0.2) is 48.5 Å². The molecule has 0 aliphatic carbocycles. The molecule has 0 atom stereocenters. The van der Waals surface area contributed by atoms with Crippen LogP contribution in [0.25, 0.3) is 0 Å². The van der Waals surface area contributed by atoms with Crippen LogP contribution >= 0.6 is 0 Å². The standard InChI is InChI=1S/C17H13F4NO3/c18-13-5-7-14(8-6-13)22-15(23)10-25-16(24)9-11-1-3-12(4-2-11)17(19,20)21/h1-8H,9-10H2,(H,22,23). The summed E-state index contributed by atoms with van der Waals surface area (Å²) in [7, 11) is 0. The van der Waals surface area contributed by atoms with Gasteiger partial charge in [-0.3, -0.25) is 9.59 Å². The Bertz CT molecular complexity index is 740. The van der Waals surface area contributed by atoms with Gasteiger partial charge in [-0.1, -0.05) is 12.1 Å². The number of benzene rings is 2. The second kappa shape index (κ2) is 7.78. The van der Waals surface area contributed by atoms with E-state index in [1.54, 1.807) is 0 Å². The molecule has 25 heavy (non-hydrogen) atoms. The lowest BCUT2D eigenvalue weighted by atomic mass is 10.1. The maximum absolute atomic E-state index is 12.7. The first kappa shape index (κ1) is 18.4. The topological polar surface area (TPSA) is 55.4 Å². The number of halogens is 4. The van der Waals surface area contributed by atoms with E-state index in [1.165, 1.54) is 24.3 Å². The summed E-state index contributed by atoms with van der Waals surface area (Å²) in [5.41, 5.74) is -0.148. The lowest BCUT2D eigenvalue weighted by Crippen LogP contribution is -2.21. The molecule has 0 saturated heterocycles. The first-order valence-electron chi connectivity index (χ1n) is 7.11. The Morgan fingerprint density at radius 1 is 0.960 bits per heavy atom. The summed E-state index contributed by atoms with van der Waals surface area (Å²) >= 11 is 0. The molecule has 0 unspecified atom stereocenters. The van der Waals surface area contributed by atoms with E-state index in [0.29, 0.717) is 11.3 Å². The number of esters is 1. The Kier molecular flexibility index (Phi) is 5.74. The molecule has 0 aromatic heterocycles. The van der Waals surface area contributed by atoms with Crippen LogP contribution in [0.5, 0.6) is 0 Å². The van der Waals surface area contributed by atoms with E-state index in [-0.39, 0.29) is 6.42 Å². The number of nitrogens with one attached hydrogen (secondary N) is 1. The van der Waals surface area contributed by atoms with E-state index in [2.05, 4.69) is 5.32 Å². The van der Waals surface area contributed by atoms with Gasteiger partial charge in [0.2, 0.25) is 0 Å². The number of anilines is 1. The molecule has 1 N–H and O–H groups in total. The highest BCUT2D eigenvalue weighted by Gasteiger charge is 2.30. The molecule has 1 amide bonds. The summed E-state index contributed by atoms with van der Waals surface area (Å²) in [5, 5.41) is 2.40. The van der Waals surface area contributed by atoms with Gasteiger partial charge in [0.1, 0.15) is 5.82 Å². The van der Waals surface area contributed by atoms with Crippen LogP contribution in [0.3, 0.4) is 0 Å². The number of carbonyl (C=O) groups is 2. The van der Waals surface area contributed by atoms with E-state index in [4.69, 9.17) is 4.74 Å². The third-order valence-corrected chi connectivity index (χ3v) is 3.12. The molecule has 2 aromatic carbocycles. The van der Waals surface area contributed by atoms with Crippen LogP contribution in [0, 0.1) is 5.82 Å². The molecule has 132 valence electrons. The fraction of sp³-hybridized carbons (Fsp3) is 0.176. The van der Waals surface area contributed by atoms with Crippen LogP contribution in [0.4, 0.5) is 23.2 Å². The summed E-state index contributed by atoms with van der Waals surface area (Å²) in [4.78, 5) is 23.2. The van der Waals surface area contributed by atoms with E-state index < -0.39 is 36.0 Å². The predicted molar refractivity (Wildman–Crippen MR) is 81.1 cm³/mol. The minimum Gasteiger partial charge on any atom is -0.455 e. The second-order valence-corrected chi connectivity index (χ2v) is 5.09. The van der Waals surface area contributed by atoms with E-state index >= 15 is 0 Å². The zero-order valence-corrected chi connectivity index (χ0v) is 12.8. The van der Waals surface area contributed by atoms with Gasteiger partial charge in [-0.15, -0.1) is 0 Å². The van der Waals surface area contributed by atoms with Gasteiger partial charge in [-0.25, -0.2) is 4.39 Å². The van der Waals surface area contributed by atoms with E-state index in [1.807, 2.05) is 0 Å². The fourth-order valence-electron chi connectivity index (χ4n) is 1.91. The molecule has 8 heteroatoms. The summed E-state index contributed by atoms with van der Waals surface area (Å²) in [6, 6.07) is 9.08. The quantitative estimate of drug-likeness (QED) is 0.659. The van der Waals surface area contributed by atoms with Crippen molar-refractivity contribution in [2.45, 2.75) is 12.6 Å². The maximum Gasteiger partial charge on any atom is 0.416 e. The molecule has 0 radical (unpaired) electrons. The number of amides is 1. The SMILES string of the molecule is O=C(COC(=O)Cc1ccc(C(F)(F)F)cc1)Nc1ccc(F)cc1. The number of hydrogen-bond donors (Lipinski definition) is 1. The van der Waals surface area contributed by atoms with Crippen molar-refractivity contribution in [2.75, 3.05) is 11.9 Å². The van der Waals surface area contributed by atoms with Crippen molar-refractivity contribution in [3.63, 3.8) is 0 Å². The van der Waals surface area contributed by atoms with Gasteiger partial charge in [0.05, 0.1) is 12.0 Å². The van der Waals surface area contributed by atoms with Crippen molar-refractivity contribution in [1.82, 2.24) is 0 Å². The van der Waals surface area contributed by atoms with Gasteiger partial charge >= 0.3 is 12.1 Å². The third-order valence-electron chi connectivity index (χ3n) is 3.12. The normalized spacial score (nSPS) is 11.0. The van der Waals surface area contributed by atoms with Crippen LogP contribution in [0.2, 0.25) is 0 Å². The Labute approximate surface area is 140 Å². The molecule has 0 bridgehead atoms. The molecule has 0 saturated carbocycles.